The van der Waals surface area contributed by atoms with Crippen LogP contribution in [0.3, 0.4) is 0 Å². The van der Waals surface area contributed by atoms with Gasteiger partial charge in [0.2, 0.25) is 0 Å². The molecule has 0 N–H and O–H groups in total. The van der Waals surface area contributed by atoms with Gasteiger partial charge >= 0.3 is 0 Å². The summed E-state index contributed by atoms with van der Waals surface area (Å²) in [6, 6.07) is 15.5. The fourth-order valence-electron chi connectivity index (χ4n) is 2.18. The topological polar surface area (TPSA) is 17.1 Å². The highest BCUT2D eigenvalue weighted by atomic mass is 35.5. The van der Waals surface area contributed by atoms with Gasteiger partial charge in [-0.15, -0.1) is 0 Å². The van der Waals surface area contributed by atoms with Crippen LogP contribution in [0, 0.1) is 0 Å². The van der Waals surface area contributed by atoms with Crippen molar-refractivity contribution in [2.45, 2.75) is 16.7 Å². The van der Waals surface area contributed by atoms with Crippen molar-refractivity contribution in [1.29, 1.82) is 0 Å². The van der Waals surface area contributed by atoms with Crippen LogP contribution in [0.4, 0.5) is 0 Å². The Kier molecular flexibility index (Phi) is 4.79. The first-order valence-corrected chi connectivity index (χ1v) is 9.15. The number of ketones is 1. The molecule has 1 nitrogen and oxygen atoms in total. The van der Waals surface area contributed by atoms with Gasteiger partial charge in [-0.25, -0.2) is 0 Å². The molecule has 0 amide bonds. The Bertz CT molecular complexity index is 560. The first-order valence-electron chi connectivity index (χ1n) is 6.18. The Morgan fingerprint density at radius 2 is 1.25 bits per heavy atom. The van der Waals surface area contributed by atoms with Crippen LogP contribution in [0.1, 0.15) is 6.92 Å². The summed E-state index contributed by atoms with van der Waals surface area (Å²) < 4.78 is 0. The fraction of sp³-hybridized carbons (Fsp3) is 0.188. The van der Waals surface area contributed by atoms with Gasteiger partial charge in [0, 0.05) is 15.8 Å². The molecule has 0 saturated heterocycles. The van der Waals surface area contributed by atoms with Crippen LogP contribution < -0.4 is 0 Å². The second-order valence-electron chi connectivity index (χ2n) is 4.84. The van der Waals surface area contributed by atoms with Crippen molar-refractivity contribution in [1.82, 2.24) is 0 Å². The van der Waals surface area contributed by atoms with Gasteiger partial charge in [-0.05, 0) is 71.5 Å². The minimum absolute atomic E-state index is 0.187. The molecule has 0 heterocycles. The zero-order chi connectivity index (χ0) is 14.8. The fourth-order valence-corrected chi connectivity index (χ4v) is 5.32. The van der Waals surface area contributed by atoms with Crippen LogP contribution >= 0.6 is 33.2 Å². The molecule has 106 valence electrons. The summed E-state index contributed by atoms with van der Waals surface area (Å²) in [6.45, 7) is 1.64. The summed E-state index contributed by atoms with van der Waals surface area (Å²) in [7, 11) is -1.40. The minimum atomic E-state index is -1.40. The van der Waals surface area contributed by atoms with E-state index in [1.165, 1.54) is 0 Å². The summed E-state index contributed by atoms with van der Waals surface area (Å²) in [5.74, 6) is 0.711. The number of benzene rings is 2. The molecule has 0 fully saturated rings. The predicted octanol–water partition coefficient (Wildman–Crippen LogP) is 5.43. The Morgan fingerprint density at radius 1 is 0.900 bits per heavy atom. The Balaban J connectivity index is 2.52. The maximum atomic E-state index is 11.7. The molecule has 0 aromatic heterocycles. The molecule has 20 heavy (non-hydrogen) atoms. The number of halogens is 2. The maximum Gasteiger partial charge on any atom is 0.138 e. The van der Waals surface area contributed by atoms with E-state index < -0.39 is 10.0 Å². The van der Waals surface area contributed by atoms with Gasteiger partial charge in [0.1, 0.15) is 5.78 Å². The smallest absolute Gasteiger partial charge is 0.138 e. The molecular weight excluding hydrogens is 311 g/mol. The van der Waals surface area contributed by atoms with E-state index in [1.54, 1.807) is 6.92 Å². The Morgan fingerprint density at radius 3 is 1.55 bits per heavy atom. The molecular formula is C16H16Cl2OS. The SMILES string of the molecule is CC(=O)CS(C)(c1ccc(Cl)cc1)c1ccc(Cl)cc1. The van der Waals surface area contributed by atoms with E-state index in [0.29, 0.717) is 15.8 Å². The molecule has 2 aromatic rings. The highest BCUT2D eigenvalue weighted by molar-refractivity contribution is 8.33. The third kappa shape index (κ3) is 3.38. The zero-order valence-corrected chi connectivity index (χ0v) is 13.7. The predicted molar refractivity (Wildman–Crippen MR) is 88.5 cm³/mol. The van der Waals surface area contributed by atoms with Crippen molar-refractivity contribution >= 4 is 39.0 Å². The van der Waals surface area contributed by atoms with Gasteiger partial charge in [-0.2, -0.15) is 10.0 Å². The van der Waals surface area contributed by atoms with Crippen LogP contribution in [-0.2, 0) is 4.79 Å². The average molecular weight is 327 g/mol. The lowest BCUT2D eigenvalue weighted by Gasteiger charge is -2.36. The molecule has 0 aliphatic carbocycles. The number of carbonyl (C=O) groups excluding carboxylic acids is 1. The summed E-state index contributed by atoms with van der Waals surface area (Å²) in [5, 5.41) is 1.41. The van der Waals surface area contributed by atoms with Crippen molar-refractivity contribution in [2.24, 2.45) is 0 Å². The van der Waals surface area contributed by atoms with Gasteiger partial charge in [0.15, 0.2) is 0 Å². The first-order chi connectivity index (χ1) is 9.41. The Labute approximate surface area is 131 Å². The molecule has 0 unspecified atom stereocenters. The third-order valence-electron chi connectivity index (χ3n) is 3.16. The average Bonchev–Trinajstić information content (AvgIpc) is 2.39. The van der Waals surface area contributed by atoms with Crippen molar-refractivity contribution < 1.29 is 4.79 Å². The van der Waals surface area contributed by atoms with Crippen LogP contribution in [0.15, 0.2) is 58.3 Å². The van der Waals surface area contributed by atoms with E-state index in [4.69, 9.17) is 23.2 Å². The lowest BCUT2D eigenvalue weighted by molar-refractivity contribution is -0.114. The van der Waals surface area contributed by atoms with Crippen LogP contribution in [-0.4, -0.2) is 17.8 Å². The lowest BCUT2D eigenvalue weighted by Crippen LogP contribution is -2.11. The normalized spacial score (nSPS) is 12.2. The number of rotatable bonds is 4. The van der Waals surface area contributed by atoms with Gasteiger partial charge in [0.25, 0.3) is 0 Å². The zero-order valence-electron chi connectivity index (χ0n) is 11.4. The van der Waals surface area contributed by atoms with Crippen LogP contribution in [0.2, 0.25) is 10.0 Å². The lowest BCUT2D eigenvalue weighted by atomic mass is 10.4. The molecule has 0 atom stereocenters. The van der Waals surface area contributed by atoms with Crippen molar-refractivity contribution in [2.75, 3.05) is 12.0 Å². The molecule has 0 radical (unpaired) electrons. The van der Waals surface area contributed by atoms with Crippen LogP contribution in [0.5, 0.6) is 0 Å². The molecule has 0 bridgehead atoms. The summed E-state index contributed by atoms with van der Waals surface area (Å²) in [6.07, 6.45) is 2.15. The second kappa shape index (κ2) is 6.21. The highest BCUT2D eigenvalue weighted by Crippen LogP contribution is 2.59. The molecule has 2 aromatic carbocycles. The first kappa shape index (κ1) is 15.4. The highest BCUT2D eigenvalue weighted by Gasteiger charge is 2.25. The van der Waals surface area contributed by atoms with E-state index in [1.807, 2.05) is 48.5 Å². The van der Waals surface area contributed by atoms with E-state index >= 15 is 0 Å². The van der Waals surface area contributed by atoms with Gasteiger partial charge in [0.05, 0.1) is 0 Å². The van der Waals surface area contributed by atoms with Crippen molar-refractivity contribution in [3.8, 4) is 0 Å². The summed E-state index contributed by atoms with van der Waals surface area (Å²) >= 11 is 11.9. The van der Waals surface area contributed by atoms with Crippen molar-refractivity contribution in [3.63, 3.8) is 0 Å². The minimum Gasteiger partial charge on any atom is -0.299 e. The van der Waals surface area contributed by atoms with Gasteiger partial charge in [-0.3, -0.25) is 4.79 Å². The molecule has 0 aliphatic heterocycles. The summed E-state index contributed by atoms with van der Waals surface area (Å²) in [5.41, 5.74) is 0. The molecule has 0 spiro atoms. The van der Waals surface area contributed by atoms with E-state index in [-0.39, 0.29) is 5.78 Å². The van der Waals surface area contributed by atoms with E-state index in [0.717, 1.165) is 9.79 Å². The van der Waals surface area contributed by atoms with Crippen molar-refractivity contribution in [3.05, 3.63) is 58.6 Å². The monoisotopic (exact) mass is 326 g/mol. The number of carbonyl (C=O) groups is 1. The summed E-state index contributed by atoms with van der Waals surface area (Å²) in [4.78, 5) is 14.0. The molecule has 2 rings (SSSR count). The Hall–Kier alpha value is -0.960. The second-order valence-corrected chi connectivity index (χ2v) is 9.12. The number of hydrogen-bond acceptors (Lipinski definition) is 1. The van der Waals surface area contributed by atoms with Crippen LogP contribution in [0.25, 0.3) is 0 Å². The maximum absolute atomic E-state index is 11.7. The van der Waals surface area contributed by atoms with Gasteiger partial charge in [-0.1, -0.05) is 23.2 Å². The van der Waals surface area contributed by atoms with Gasteiger partial charge < -0.3 is 0 Å². The molecule has 0 aliphatic rings. The molecule has 4 heteroatoms. The number of hydrogen-bond donors (Lipinski definition) is 0. The third-order valence-corrected chi connectivity index (χ3v) is 7.27. The standard InChI is InChI=1S/C16H16Cl2OS/c1-12(19)11-20(2,15-7-3-13(17)4-8-15)16-9-5-14(18)6-10-16/h3-10H,11H2,1-2H3. The number of Topliss-reactive ketones (excluding diaryl/α,β-unsaturated/α-hetero) is 1. The van der Waals surface area contributed by atoms with E-state index in [9.17, 15) is 4.79 Å². The van der Waals surface area contributed by atoms with E-state index in [2.05, 4.69) is 6.26 Å². The molecule has 0 saturated carbocycles. The largest absolute Gasteiger partial charge is 0.299 e. The quantitative estimate of drug-likeness (QED) is 0.731.